The summed E-state index contributed by atoms with van der Waals surface area (Å²) in [4.78, 5) is 15.0. The summed E-state index contributed by atoms with van der Waals surface area (Å²) < 4.78 is 0. The number of unbranched alkanes of at least 4 members (excludes halogenated alkanes) is 1. The number of thioether (sulfide) groups is 1. The fourth-order valence-corrected chi connectivity index (χ4v) is 2.29. The Labute approximate surface area is 93.5 Å². The molecule has 0 fully saturated rings. The second kappa shape index (κ2) is 5.62. The first-order valence-electron chi connectivity index (χ1n) is 4.95. The molecule has 1 N–H and O–H groups in total. The van der Waals surface area contributed by atoms with Crippen LogP contribution in [0.5, 0.6) is 0 Å². The minimum Gasteiger partial charge on any atom is -0.324 e. The first-order valence-corrected chi connectivity index (χ1v) is 5.94. The Bertz CT molecular complexity index is 431. The minimum absolute atomic E-state index is 0.194. The Hall–Kier alpha value is -1.21. The van der Waals surface area contributed by atoms with Crippen molar-refractivity contribution in [3.8, 4) is 6.07 Å². The molecular formula is C11H14N2OS. The number of nitrogens with one attached hydrogen (secondary N) is 1. The standard InChI is InChI=1S/C11H14N2OS/c1-3-4-5-15-10-6-9(7-12)11(14)13-8(10)2/h6H,3-5H2,1-2H3,(H,13,14). The predicted octanol–water partition coefficient (Wildman–Crippen LogP) is 2.45. The van der Waals surface area contributed by atoms with Crippen LogP contribution >= 0.6 is 11.8 Å². The molecule has 1 heterocycles. The second-order valence-corrected chi connectivity index (χ2v) is 4.45. The molecule has 0 aromatic carbocycles. The summed E-state index contributed by atoms with van der Waals surface area (Å²) >= 11 is 1.69. The number of aryl methyl sites for hydroxylation is 1. The highest BCUT2D eigenvalue weighted by Gasteiger charge is 2.05. The molecule has 3 nitrogen and oxygen atoms in total. The van der Waals surface area contributed by atoms with E-state index in [-0.39, 0.29) is 11.1 Å². The van der Waals surface area contributed by atoms with Crippen LogP contribution in [-0.4, -0.2) is 10.7 Å². The van der Waals surface area contributed by atoms with Crippen LogP contribution in [0.25, 0.3) is 0 Å². The van der Waals surface area contributed by atoms with Crippen molar-refractivity contribution >= 4 is 11.8 Å². The number of pyridine rings is 1. The van der Waals surface area contributed by atoms with Crippen LogP contribution in [0.2, 0.25) is 0 Å². The summed E-state index contributed by atoms with van der Waals surface area (Å²) in [6, 6.07) is 3.57. The predicted molar refractivity (Wildman–Crippen MR) is 62.1 cm³/mol. The Morgan fingerprint density at radius 3 is 2.93 bits per heavy atom. The zero-order valence-corrected chi connectivity index (χ0v) is 9.78. The summed E-state index contributed by atoms with van der Waals surface area (Å²) in [5.74, 6) is 1.02. The van der Waals surface area contributed by atoms with Crippen molar-refractivity contribution in [3.05, 3.63) is 27.7 Å². The molecule has 0 radical (unpaired) electrons. The molecule has 0 aliphatic heterocycles. The van der Waals surface area contributed by atoms with E-state index in [2.05, 4.69) is 11.9 Å². The zero-order valence-electron chi connectivity index (χ0n) is 8.96. The molecule has 0 saturated carbocycles. The summed E-state index contributed by atoms with van der Waals surface area (Å²) in [7, 11) is 0. The lowest BCUT2D eigenvalue weighted by molar-refractivity contribution is 0.895. The molecule has 0 aliphatic carbocycles. The number of H-pyrrole nitrogens is 1. The van der Waals surface area contributed by atoms with Gasteiger partial charge < -0.3 is 4.98 Å². The van der Waals surface area contributed by atoms with Crippen molar-refractivity contribution in [2.75, 3.05) is 5.75 Å². The van der Waals surface area contributed by atoms with Crippen LogP contribution in [0.3, 0.4) is 0 Å². The maximum atomic E-state index is 11.3. The highest BCUT2D eigenvalue weighted by Crippen LogP contribution is 2.21. The van der Waals surface area contributed by atoms with Gasteiger partial charge in [-0.25, -0.2) is 0 Å². The second-order valence-electron chi connectivity index (χ2n) is 3.32. The van der Waals surface area contributed by atoms with Gasteiger partial charge in [0.25, 0.3) is 5.56 Å². The van der Waals surface area contributed by atoms with E-state index in [4.69, 9.17) is 5.26 Å². The molecule has 4 heteroatoms. The molecule has 0 unspecified atom stereocenters. The minimum atomic E-state index is -0.296. The summed E-state index contributed by atoms with van der Waals surface area (Å²) in [5, 5.41) is 8.73. The van der Waals surface area contributed by atoms with Gasteiger partial charge in [0.2, 0.25) is 0 Å². The van der Waals surface area contributed by atoms with Crippen LogP contribution in [-0.2, 0) is 0 Å². The normalized spacial score (nSPS) is 9.93. The van der Waals surface area contributed by atoms with Crippen LogP contribution in [0, 0.1) is 18.3 Å². The van der Waals surface area contributed by atoms with Crippen LogP contribution in [0.15, 0.2) is 15.8 Å². The average Bonchev–Trinajstić information content (AvgIpc) is 2.21. The number of nitrogens with zero attached hydrogens (tertiary/aromatic N) is 1. The third-order valence-electron chi connectivity index (χ3n) is 2.07. The SMILES string of the molecule is CCCCSc1cc(C#N)c(=O)[nH]c1C. The van der Waals surface area contributed by atoms with Crippen LogP contribution in [0.1, 0.15) is 31.0 Å². The van der Waals surface area contributed by atoms with Gasteiger partial charge in [0.15, 0.2) is 0 Å². The summed E-state index contributed by atoms with van der Waals surface area (Å²) in [6.45, 7) is 4.00. The molecule has 80 valence electrons. The van der Waals surface area contributed by atoms with Gasteiger partial charge in [-0.05, 0) is 25.2 Å². The van der Waals surface area contributed by atoms with Gasteiger partial charge in [-0.1, -0.05) is 13.3 Å². The lowest BCUT2D eigenvalue weighted by Gasteiger charge is -2.04. The van der Waals surface area contributed by atoms with Crippen LogP contribution < -0.4 is 5.56 Å². The van der Waals surface area contributed by atoms with E-state index in [9.17, 15) is 4.79 Å². The van der Waals surface area contributed by atoms with E-state index < -0.39 is 0 Å². The third kappa shape index (κ3) is 3.14. The van der Waals surface area contributed by atoms with Crippen molar-refractivity contribution in [2.24, 2.45) is 0 Å². The smallest absolute Gasteiger partial charge is 0.266 e. The van der Waals surface area contributed by atoms with E-state index in [1.165, 1.54) is 0 Å². The molecule has 0 aliphatic rings. The first-order chi connectivity index (χ1) is 7.19. The maximum Gasteiger partial charge on any atom is 0.266 e. The van der Waals surface area contributed by atoms with E-state index in [1.807, 2.05) is 13.0 Å². The Morgan fingerprint density at radius 1 is 1.60 bits per heavy atom. The summed E-state index contributed by atoms with van der Waals surface area (Å²) in [5.41, 5.74) is 0.745. The van der Waals surface area contributed by atoms with Crippen molar-refractivity contribution in [2.45, 2.75) is 31.6 Å². The first kappa shape index (κ1) is 11.9. The van der Waals surface area contributed by atoms with E-state index in [0.29, 0.717) is 0 Å². The number of aromatic amines is 1. The Morgan fingerprint density at radius 2 is 2.33 bits per heavy atom. The highest BCUT2D eigenvalue weighted by atomic mass is 32.2. The molecule has 15 heavy (non-hydrogen) atoms. The van der Waals surface area contributed by atoms with Gasteiger partial charge in [0.1, 0.15) is 11.6 Å². The molecule has 1 aromatic rings. The highest BCUT2D eigenvalue weighted by molar-refractivity contribution is 7.99. The fraction of sp³-hybridized carbons (Fsp3) is 0.455. The molecular weight excluding hydrogens is 208 g/mol. The van der Waals surface area contributed by atoms with Gasteiger partial charge in [-0.15, -0.1) is 11.8 Å². The van der Waals surface area contributed by atoms with Crippen LogP contribution in [0.4, 0.5) is 0 Å². The molecule has 0 amide bonds. The Kier molecular flexibility index (Phi) is 4.44. The van der Waals surface area contributed by atoms with Crippen molar-refractivity contribution < 1.29 is 0 Å². The zero-order chi connectivity index (χ0) is 11.3. The molecule has 1 rings (SSSR count). The van der Waals surface area contributed by atoms with E-state index in [0.717, 1.165) is 29.2 Å². The lowest BCUT2D eigenvalue weighted by Crippen LogP contribution is -2.11. The Balaban J connectivity index is 2.89. The van der Waals surface area contributed by atoms with Gasteiger partial charge >= 0.3 is 0 Å². The monoisotopic (exact) mass is 222 g/mol. The van der Waals surface area contributed by atoms with Crippen molar-refractivity contribution in [3.63, 3.8) is 0 Å². The molecule has 0 atom stereocenters. The number of aromatic nitrogens is 1. The van der Waals surface area contributed by atoms with Crippen molar-refractivity contribution in [1.82, 2.24) is 4.98 Å². The fourth-order valence-electron chi connectivity index (χ4n) is 1.16. The lowest BCUT2D eigenvalue weighted by atomic mass is 10.3. The number of hydrogen-bond acceptors (Lipinski definition) is 3. The average molecular weight is 222 g/mol. The third-order valence-corrected chi connectivity index (χ3v) is 3.29. The quantitative estimate of drug-likeness (QED) is 0.629. The molecule has 1 aromatic heterocycles. The number of nitriles is 1. The number of rotatable bonds is 4. The molecule has 0 saturated heterocycles. The largest absolute Gasteiger partial charge is 0.324 e. The van der Waals surface area contributed by atoms with E-state index >= 15 is 0 Å². The molecule has 0 spiro atoms. The topological polar surface area (TPSA) is 56.6 Å². The van der Waals surface area contributed by atoms with Gasteiger partial charge in [-0.3, -0.25) is 4.79 Å². The maximum absolute atomic E-state index is 11.3. The van der Waals surface area contributed by atoms with Crippen molar-refractivity contribution in [1.29, 1.82) is 5.26 Å². The van der Waals surface area contributed by atoms with Gasteiger partial charge in [0.05, 0.1) is 0 Å². The van der Waals surface area contributed by atoms with Gasteiger partial charge in [-0.2, -0.15) is 5.26 Å². The van der Waals surface area contributed by atoms with E-state index in [1.54, 1.807) is 17.8 Å². The number of hydrogen-bond donors (Lipinski definition) is 1. The van der Waals surface area contributed by atoms with Gasteiger partial charge in [0, 0.05) is 10.6 Å². The summed E-state index contributed by atoms with van der Waals surface area (Å²) in [6.07, 6.45) is 2.30. The molecule has 0 bridgehead atoms.